The molecule has 0 bridgehead atoms. The number of likely N-dealkylation sites (N-methyl/N-ethyl adjacent to an activating group) is 1. The number of aliphatic hydroxyl groups excluding tert-OH is 1. The molecule has 0 aromatic heterocycles. The SMILES string of the molecule is CCNCCc1ccc(CN(CCO)C2C=C(OC)C=CC2[C@@H]2CCc3cc(O)ccc3C2)cc1. The van der Waals surface area contributed by atoms with Crippen LogP contribution in [0.25, 0.3) is 0 Å². The highest BCUT2D eigenvalue weighted by atomic mass is 16.5. The lowest BCUT2D eigenvalue weighted by Crippen LogP contribution is -2.44. The molecule has 0 amide bonds. The highest BCUT2D eigenvalue weighted by Gasteiger charge is 2.34. The van der Waals surface area contributed by atoms with Gasteiger partial charge in [0, 0.05) is 19.1 Å². The number of aliphatic hydroxyl groups is 1. The molecule has 0 radical (unpaired) electrons. The topological polar surface area (TPSA) is 65.0 Å². The third kappa shape index (κ3) is 6.54. The second-order valence-electron chi connectivity index (χ2n) is 9.77. The molecule has 5 nitrogen and oxygen atoms in total. The Hall–Kier alpha value is -2.60. The maximum absolute atomic E-state index is 9.94. The lowest BCUT2D eigenvalue weighted by Gasteiger charge is -2.41. The van der Waals surface area contributed by atoms with Crippen LogP contribution in [-0.2, 0) is 30.5 Å². The molecule has 5 heteroatoms. The first-order chi connectivity index (χ1) is 17.1. The molecule has 0 fully saturated rings. The summed E-state index contributed by atoms with van der Waals surface area (Å²) in [6.45, 7) is 5.65. The Morgan fingerprint density at radius 2 is 1.89 bits per heavy atom. The van der Waals surface area contributed by atoms with E-state index in [0.29, 0.717) is 24.1 Å². The minimum Gasteiger partial charge on any atom is -0.508 e. The second-order valence-corrected chi connectivity index (χ2v) is 9.77. The van der Waals surface area contributed by atoms with Gasteiger partial charge in [0.05, 0.1) is 13.7 Å². The van der Waals surface area contributed by atoms with Crippen LogP contribution in [0, 0.1) is 11.8 Å². The average Bonchev–Trinajstić information content (AvgIpc) is 2.89. The van der Waals surface area contributed by atoms with E-state index in [-0.39, 0.29) is 12.6 Å². The summed E-state index contributed by atoms with van der Waals surface area (Å²) in [5, 5.41) is 23.2. The van der Waals surface area contributed by atoms with Crippen LogP contribution in [0.5, 0.6) is 5.75 Å². The molecule has 2 aliphatic rings. The second kappa shape index (κ2) is 12.4. The van der Waals surface area contributed by atoms with Crippen LogP contribution in [0.1, 0.15) is 35.6 Å². The van der Waals surface area contributed by atoms with Crippen molar-refractivity contribution in [1.29, 1.82) is 0 Å². The highest BCUT2D eigenvalue weighted by Crippen LogP contribution is 2.38. The van der Waals surface area contributed by atoms with E-state index in [0.717, 1.165) is 51.1 Å². The third-order valence-corrected chi connectivity index (χ3v) is 7.51. The van der Waals surface area contributed by atoms with Gasteiger partial charge in [0.15, 0.2) is 0 Å². The molecular formula is C30H40N2O3. The number of fused-ring (bicyclic) bond motifs is 1. The zero-order valence-electron chi connectivity index (χ0n) is 21.1. The number of aromatic hydroxyl groups is 1. The van der Waals surface area contributed by atoms with Gasteiger partial charge in [0.25, 0.3) is 0 Å². The summed E-state index contributed by atoms with van der Waals surface area (Å²) < 4.78 is 5.62. The molecule has 2 aliphatic carbocycles. The minimum absolute atomic E-state index is 0.122. The summed E-state index contributed by atoms with van der Waals surface area (Å²) in [4.78, 5) is 2.40. The van der Waals surface area contributed by atoms with Crippen LogP contribution >= 0.6 is 0 Å². The Bertz CT molecular complexity index is 1010. The Balaban J connectivity index is 1.52. The summed E-state index contributed by atoms with van der Waals surface area (Å²) in [6.07, 6.45) is 10.8. The Labute approximate surface area is 210 Å². The number of methoxy groups -OCH3 is 1. The van der Waals surface area contributed by atoms with Gasteiger partial charge >= 0.3 is 0 Å². The molecule has 0 aliphatic heterocycles. The predicted molar refractivity (Wildman–Crippen MR) is 141 cm³/mol. The van der Waals surface area contributed by atoms with Gasteiger partial charge in [-0.2, -0.15) is 0 Å². The number of aryl methyl sites for hydroxylation is 1. The lowest BCUT2D eigenvalue weighted by atomic mass is 9.72. The van der Waals surface area contributed by atoms with Crippen molar-refractivity contribution >= 4 is 0 Å². The fourth-order valence-electron chi connectivity index (χ4n) is 5.59. The van der Waals surface area contributed by atoms with E-state index in [1.807, 2.05) is 6.07 Å². The molecule has 0 saturated heterocycles. The van der Waals surface area contributed by atoms with Crippen LogP contribution in [0.2, 0.25) is 0 Å². The van der Waals surface area contributed by atoms with Crippen molar-refractivity contribution in [2.45, 2.75) is 45.2 Å². The van der Waals surface area contributed by atoms with Crippen molar-refractivity contribution in [3.63, 3.8) is 0 Å². The summed E-state index contributed by atoms with van der Waals surface area (Å²) in [7, 11) is 1.72. The number of benzene rings is 2. The van der Waals surface area contributed by atoms with Crippen molar-refractivity contribution in [1.82, 2.24) is 10.2 Å². The number of allylic oxidation sites excluding steroid dienone is 1. The van der Waals surface area contributed by atoms with E-state index in [4.69, 9.17) is 4.74 Å². The maximum atomic E-state index is 9.94. The molecular weight excluding hydrogens is 436 g/mol. The van der Waals surface area contributed by atoms with E-state index in [1.165, 1.54) is 22.3 Å². The van der Waals surface area contributed by atoms with Crippen LogP contribution in [-0.4, -0.2) is 54.5 Å². The molecule has 2 unspecified atom stereocenters. The van der Waals surface area contributed by atoms with Crippen LogP contribution in [0.3, 0.4) is 0 Å². The Kier molecular flexibility index (Phi) is 9.02. The lowest BCUT2D eigenvalue weighted by molar-refractivity contribution is 0.115. The van der Waals surface area contributed by atoms with Crippen molar-refractivity contribution < 1.29 is 14.9 Å². The summed E-state index contributed by atoms with van der Waals surface area (Å²) >= 11 is 0. The van der Waals surface area contributed by atoms with Gasteiger partial charge < -0.3 is 20.3 Å². The number of phenols is 1. The van der Waals surface area contributed by atoms with E-state index in [1.54, 1.807) is 13.2 Å². The van der Waals surface area contributed by atoms with Gasteiger partial charge in [-0.3, -0.25) is 4.90 Å². The number of rotatable bonds is 11. The van der Waals surface area contributed by atoms with Crippen LogP contribution in [0.4, 0.5) is 0 Å². The molecule has 35 heavy (non-hydrogen) atoms. The van der Waals surface area contributed by atoms with E-state index in [2.05, 4.69) is 65.7 Å². The van der Waals surface area contributed by atoms with Crippen molar-refractivity contribution in [2.75, 3.05) is 33.4 Å². The smallest absolute Gasteiger partial charge is 0.116 e. The molecule has 2 aromatic rings. The molecule has 3 atom stereocenters. The van der Waals surface area contributed by atoms with Gasteiger partial charge in [0.2, 0.25) is 0 Å². The number of phenolic OH excluding ortho intramolecular Hbond substituents is 1. The Morgan fingerprint density at radius 1 is 1.09 bits per heavy atom. The Morgan fingerprint density at radius 3 is 2.63 bits per heavy atom. The van der Waals surface area contributed by atoms with Crippen LogP contribution in [0.15, 0.2) is 66.5 Å². The number of nitrogens with zero attached hydrogens (tertiary/aromatic N) is 1. The quantitative estimate of drug-likeness (QED) is 0.424. The predicted octanol–water partition coefficient (Wildman–Crippen LogP) is 4.23. The van der Waals surface area contributed by atoms with Crippen molar-refractivity contribution in [2.24, 2.45) is 11.8 Å². The molecule has 2 aromatic carbocycles. The van der Waals surface area contributed by atoms with Crippen LogP contribution < -0.4 is 5.32 Å². The molecule has 0 heterocycles. The van der Waals surface area contributed by atoms with E-state index >= 15 is 0 Å². The van der Waals surface area contributed by atoms with Gasteiger partial charge in [-0.15, -0.1) is 0 Å². The summed E-state index contributed by atoms with van der Waals surface area (Å²) in [6, 6.07) is 14.9. The first-order valence-electron chi connectivity index (χ1n) is 13.0. The minimum atomic E-state index is 0.122. The largest absolute Gasteiger partial charge is 0.508 e. The van der Waals surface area contributed by atoms with Gasteiger partial charge in [-0.1, -0.05) is 43.3 Å². The third-order valence-electron chi connectivity index (χ3n) is 7.51. The fraction of sp³-hybridized carbons (Fsp3) is 0.467. The van der Waals surface area contributed by atoms with Gasteiger partial charge in [-0.05, 0) is 97.1 Å². The zero-order valence-corrected chi connectivity index (χ0v) is 21.1. The van der Waals surface area contributed by atoms with Crippen molar-refractivity contribution in [3.05, 3.63) is 88.7 Å². The molecule has 188 valence electrons. The average molecular weight is 477 g/mol. The first kappa shape index (κ1) is 25.5. The number of nitrogens with one attached hydrogen (secondary N) is 1. The number of ether oxygens (including phenoxy) is 1. The van der Waals surface area contributed by atoms with E-state index < -0.39 is 0 Å². The molecule has 4 rings (SSSR count). The highest BCUT2D eigenvalue weighted by molar-refractivity contribution is 5.37. The molecule has 3 N–H and O–H groups in total. The monoisotopic (exact) mass is 476 g/mol. The first-order valence-corrected chi connectivity index (χ1v) is 13.0. The standard InChI is InChI=1S/C30H40N2O3/c1-3-31-15-14-22-4-6-23(7-5-22)21-32(16-17-33)30-20-28(35-2)12-13-29(30)26-9-8-25-19-27(34)11-10-24(25)18-26/h4-7,10-13,19-20,26,29-31,33-34H,3,8-9,14-18,21H2,1-2H3/t26-,29?,30?/m1/s1. The fourth-order valence-corrected chi connectivity index (χ4v) is 5.59. The zero-order chi connectivity index (χ0) is 24.6. The van der Waals surface area contributed by atoms with Crippen molar-refractivity contribution in [3.8, 4) is 5.75 Å². The maximum Gasteiger partial charge on any atom is 0.116 e. The van der Waals surface area contributed by atoms with Gasteiger partial charge in [-0.25, -0.2) is 0 Å². The normalized spacial score (nSPS) is 21.6. The summed E-state index contributed by atoms with van der Waals surface area (Å²) in [5.41, 5.74) is 5.22. The molecule has 0 saturated carbocycles. The number of hydrogen-bond donors (Lipinski definition) is 3. The molecule has 0 spiro atoms. The van der Waals surface area contributed by atoms with Gasteiger partial charge in [0.1, 0.15) is 11.5 Å². The van der Waals surface area contributed by atoms with E-state index in [9.17, 15) is 10.2 Å². The number of hydrogen-bond acceptors (Lipinski definition) is 5. The summed E-state index contributed by atoms with van der Waals surface area (Å²) in [5.74, 6) is 2.07.